The van der Waals surface area contributed by atoms with Crippen molar-refractivity contribution in [2.24, 2.45) is 0 Å². The molecule has 0 saturated carbocycles. The third-order valence-electron chi connectivity index (χ3n) is 9.67. The number of benzene rings is 7. The number of hydrogen-bond donors (Lipinski definition) is 0. The number of para-hydroxylation sites is 4. The molecule has 0 radical (unpaired) electrons. The van der Waals surface area contributed by atoms with Crippen LogP contribution in [0.1, 0.15) is 16.7 Å². The number of fused-ring (bicyclic) bond motifs is 6. The molecule has 2 heterocycles. The molecule has 5 heteroatoms. The fourth-order valence-corrected chi connectivity index (χ4v) is 7.59. The van der Waals surface area contributed by atoms with Crippen LogP contribution in [0.2, 0.25) is 0 Å². The first-order valence-corrected chi connectivity index (χ1v) is 16.3. The molecular formula is C45H25N5. The second kappa shape index (κ2) is 11.4. The van der Waals surface area contributed by atoms with Crippen LogP contribution in [0.25, 0.3) is 77.2 Å². The van der Waals surface area contributed by atoms with Crippen LogP contribution in [-0.4, -0.2) is 9.13 Å². The zero-order valence-electron chi connectivity index (χ0n) is 26.7. The Morgan fingerprint density at radius 2 is 0.900 bits per heavy atom. The van der Waals surface area contributed by atoms with Gasteiger partial charge in [0.1, 0.15) is 6.07 Å². The summed E-state index contributed by atoms with van der Waals surface area (Å²) in [6.45, 7) is 0. The lowest BCUT2D eigenvalue weighted by Gasteiger charge is -2.19. The average molecular weight is 636 g/mol. The Bertz CT molecular complexity index is 2920. The van der Waals surface area contributed by atoms with Crippen molar-refractivity contribution >= 4 is 43.6 Å². The van der Waals surface area contributed by atoms with Gasteiger partial charge in [0.2, 0.25) is 0 Å². The van der Waals surface area contributed by atoms with E-state index in [0.29, 0.717) is 16.7 Å². The number of nitrogens with zero attached hydrogens (tertiary/aromatic N) is 5. The summed E-state index contributed by atoms with van der Waals surface area (Å²) in [6.07, 6.45) is 0. The van der Waals surface area contributed by atoms with Crippen LogP contribution in [0.15, 0.2) is 152 Å². The van der Waals surface area contributed by atoms with Crippen molar-refractivity contribution in [3.63, 3.8) is 0 Å². The van der Waals surface area contributed by atoms with Crippen LogP contribution in [0.5, 0.6) is 0 Å². The van der Waals surface area contributed by atoms with Crippen molar-refractivity contribution in [3.05, 3.63) is 168 Å². The van der Waals surface area contributed by atoms with Gasteiger partial charge < -0.3 is 9.13 Å². The maximum absolute atomic E-state index is 10.9. The van der Waals surface area contributed by atoms with E-state index in [1.165, 1.54) is 0 Å². The molecule has 0 saturated heterocycles. The van der Waals surface area contributed by atoms with E-state index in [0.717, 1.165) is 77.2 Å². The Balaban J connectivity index is 1.34. The lowest BCUT2D eigenvalue weighted by atomic mass is 9.87. The quantitative estimate of drug-likeness (QED) is 0.193. The van der Waals surface area contributed by atoms with E-state index in [1.54, 1.807) is 0 Å². The molecule has 50 heavy (non-hydrogen) atoms. The normalized spacial score (nSPS) is 11.1. The average Bonchev–Trinajstić information content (AvgIpc) is 3.69. The Kier molecular flexibility index (Phi) is 6.56. The highest BCUT2D eigenvalue weighted by molar-refractivity contribution is 6.11. The summed E-state index contributed by atoms with van der Waals surface area (Å²) in [5.41, 5.74) is 10.4. The molecule has 230 valence electrons. The third kappa shape index (κ3) is 4.17. The largest absolute Gasteiger partial charge is 0.309 e. The van der Waals surface area contributed by atoms with Gasteiger partial charge in [0.05, 0.1) is 62.3 Å². The highest BCUT2D eigenvalue weighted by atomic mass is 15.0. The van der Waals surface area contributed by atoms with Crippen LogP contribution in [0.3, 0.4) is 0 Å². The lowest BCUT2D eigenvalue weighted by molar-refractivity contribution is 1.17. The second-order valence-corrected chi connectivity index (χ2v) is 12.2. The molecule has 0 amide bonds. The van der Waals surface area contributed by atoms with E-state index >= 15 is 0 Å². The molecule has 0 fully saturated rings. The molecule has 9 rings (SSSR count). The van der Waals surface area contributed by atoms with E-state index in [9.17, 15) is 15.8 Å². The maximum atomic E-state index is 10.9. The molecule has 0 spiro atoms. The minimum atomic E-state index is 0.508. The van der Waals surface area contributed by atoms with E-state index in [2.05, 4.69) is 69.8 Å². The van der Waals surface area contributed by atoms with Crippen molar-refractivity contribution in [2.75, 3.05) is 0 Å². The fourth-order valence-electron chi connectivity index (χ4n) is 7.59. The van der Waals surface area contributed by atoms with Crippen LogP contribution in [0.4, 0.5) is 0 Å². The van der Waals surface area contributed by atoms with E-state index in [-0.39, 0.29) is 0 Å². The summed E-state index contributed by atoms with van der Waals surface area (Å²) in [5.74, 6) is 0. The first-order valence-electron chi connectivity index (χ1n) is 16.3. The number of aromatic nitrogens is 2. The zero-order chi connectivity index (χ0) is 33.8. The van der Waals surface area contributed by atoms with Gasteiger partial charge in [-0.1, -0.05) is 97.1 Å². The molecule has 0 bridgehead atoms. The number of nitriles is 3. The van der Waals surface area contributed by atoms with Crippen LogP contribution in [-0.2, 0) is 0 Å². The number of rotatable bonds is 4. The maximum Gasteiger partial charge on any atom is 0.102 e. The Morgan fingerprint density at radius 3 is 1.56 bits per heavy atom. The first-order chi connectivity index (χ1) is 24.7. The summed E-state index contributed by atoms with van der Waals surface area (Å²) in [6, 6.07) is 57.6. The van der Waals surface area contributed by atoms with Crippen LogP contribution in [0, 0.1) is 34.0 Å². The smallest absolute Gasteiger partial charge is 0.102 e. The summed E-state index contributed by atoms with van der Waals surface area (Å²) >= 11 is 0. The molecule has 0 atom stereocenters. The van der Waals surface area contributed by atoms with Crippen molar-refractivity contribution in [2.45, 2.75) is 0 Å². The number of hydrogen-bond acceptors (Lipinski definition) is 3. The van der Waals surface area contributed by atoms with Crippen molar-refractivity contribution in [3.8, 4) is 51.8 Å². The van der Waals surface area contributed by atoms with Gasteiger partial charge >= 0.3 is 0 Å². The van der Waals surface area contributed by atoms with Gasteiger partial charge in [0.15, 0.2) is 0 Å². The first kappa shape index (κ1) is 28.8. The van der Waals surface area contributed by atoms with Gasteiger partial charge in [-0.3, -0.25) is 0 Å². The third-order valence-corrected chi connectivity index (χ3v) is 9.67. The van der Waals surface area contributed by atoms with Crippen LogP contribution >= 0.6 is 0 Å². The molecule has 5 nitrogen and oxygen atoms in total. The van der Waals surface area contributed by atoms with Gasteiger partial charge in [-0.25, -0.2) is 0 Å². The predicted molar refractivity (Wildman–Crippen MR) is 200 cm³/mol. The molecule has 0 aliphatic rings. The summed E-state index contributed by atoms with van der Waals surface area (Å²) < 4.78 is 4.38. The molecule has 0 unspecified atom stereocenters. The van der Waals surface area contributed by atoms with Gasteiger partial charge in [0.25, 0.3) is 0 Å². The van der Waals surface area contributed by atoms with Gasteiger partial charge in [-0.05, 0) is 60.2 Å². The van der Waals surface area contributed by atoms with Crippen molar-refractivity contribution in [1.82, 2.24) is 9.13 Å². The zero-order valence-corrected chi connectivity index (χ0v) is 26.7. The minimum Gasteiger partial charge on any atom is -0.309 e. The summed E-state index contributed by atoms with van der Waals surface area (Å²) in [7, 11) is 0. The summed E-state index contributed by atoms with van der Waals surface area (Å²) in [4.78, 5) is 0. The molecule has 9 aromatic rings. The Hall–Kier alpha value is -7.39. The molecule has 0 aliphatic heterocycles. The van der Waals surface area contributed by atoms with E-state index < -0.39 is 0 Å². The molecule has 0 aliphatic carbocycles. The highest BCUT2D eigenvalue weighted by Crippen LogP contribution is 2.43. The van der Waals surface area contributed by atoms with Crippen molar-refractivity contribution < 1.29 is 0 Å². The van der Waals surface area contributed by atoms with Gasteiger partial charge in [-0.2, -0.15) is 15.8 Å². The van der Waals surface area contributed by atoms with Gasteiger partial charge in [-0.15, -0.1) is 0 Å². The standard InChI is InChI=1S/C45H25N5/c46-26-29-23-24-44-37(25-29)34-14-3-7-20-41(34)50(44)42-21-8-4-15-36(42)45-30(27-47)11-9-17-35(45)31-16-10-22-43(38(31)28-48)49-39-18-5-1-12-32(39)33-13-2-6-19-40(33)49/h1-25H. The molecule has 7 aromatic carbocycles. The Labute approximate surface area is 287 Å². The van der Waals surface area contributed by atoms with Crippen molar-refractivity contribution in [1.29, 1.82) is 15.8 Å². The minimum absolute atomic E-state index is 0.508. The highest BCUT2D eigenvalue weighted by Gasteiger charge is 2.23. The fraction of sp³-hybridized carbons (Fsp3) is 0. The second-order valence-electron chi connectivity index (χ2n) is 12.2. The van der Waals surface area contributed by atoms with Gasteiger partial charge in [0, 0.05) is 38.2 Å². The van der Waals surface area contributed by atoms with Crippen LogP contribution < -0.4 is 0 Å². The lowest BCUT2D eigenvalue weighted by Crippen LogP contribution is -2.02. The molecule has 2 aromatic heterocycles. The molecule has 0 N–H and O–H groups in total. The van der Waals surface area contributed by atoms with E-state index in [4.69, 9.17) is 0 Å². The van der Waals surface area contributed by atoms with E-state index in [1.807, 2.05) is 109 Å². The predicted octanol–water partition coefficient (Wildman–Crippen LogP) is 10.8. The monoisotopic (exact) mass is 635 g/mol. The summed E-state index contributed by atoms with van der Waals surface area (Å²) in [5, 5.41) is 35.5. The molecular weight excluding hydrogens is 611 g/mol. The topological polar surface area (TPSA) is 81.2 Å². The Morgan fingerprint density at radius 1 is 0.380 bits per heavy atom. The SMILES string of the molecule is N#Cc1ccc2c(c1)c1ccccc1n2-c1ccccc1-c1c(C#N)cccc1-c1cccc(-n2c3ccccc3c3ccccc32)c1C#N.